The molecule has 2 heterocycles. The molecule has 3 nitrogen and oxygen atoms in total. The van der Waals surface area contributed by atoms with Gasteiger partial charge in [0.05, 0.1) is 12.2 Å². The van der Waals surface area contributed by atoms with Gasteiger partial charge in [0.25, 0.3) is 0 Å². The third-order valence-corrected chi connectivity index (χ3v) is 4.09. The molecule has 2 aliphatic rings. The molecule has 0 amide bonds. The van der Waals surface area contributed by atoms with E-state index < -0.39 is 0 Å². The molecule has 0 aromatic carbocycles. The minimum Gasteiger partial charge on any atom is -0.317 e. The molecule has 3 rings (SSSR count). The summed E-state index contributed by atoms with van der Waals surface area (Å²) >= 11 is 0. The van der Waals surface area contributed by atoms with E-state index in [1.807, 2.05) is 0 Å². The van der Waals surface area contributed by atoms with E-state index in [1.165, 1.54) is 57.2 Å². The van der Waals surface area contributed by atoms with Crippen molar-refractivity contribution in [2.75, 3.05) is 13.1 Å². The predicted molar refractivity (Wildman–Crippen MR) is 64.4 cm³/mol. The van der Waals surface area contributed by atoms with Crippen molar-refractivity contribution in [3.05, 3.63) is 18.0 Å². The highest BCUT2D eigenvalue weighted by Gasteiger charge is 2.20. The van der Waals surface area contributed by atoms with Crippen molar-refractivity contribution in [3.63, 3.8) is 0 Å². The minimum atomic E-state index is 0.710. The molecule has 0 atom stereocenters. The van der Waals surface area contributed by atoms with Gasteiger partial charge in [0, 0.05) is 6.20 Å². The second-order valence-corrected chi connectivity index (χ2v) is 5.31. The summed E-state index contributed by atoms with van der Waals surface area (Å²) in [5.41, 5.74) is 1.44. The Hall–Kier alpha value is -0.830. The number of nitrogens with one attached hydrogen (secondary N) is 1. The van der Waals surface area contributed by atoms with Crippen LogP contribution >= 0.6 is 0 Å². The lowest BCUT2D eigenvalue weighted by Crippen LogP contribution is -2.28. The van der Waals surface area contributed by atoms with Crippen molar-refractivity contribution < 1.29 is 0 Å². The first-order valence-electron chi connectivity index (χ1n) is 6.65. The Bertz CT molecular complexity index is 335. The summed E-state index contributed by atoms with van der Waals surface area (Å²) in [5.74, 6) is 0.875. The highest BCUT2D eigenvalue weighted by molar-refractivity contribution is 5.06. The molecule has 0 radical (unpaired) electrons. The molecule has 1 aliphatic carbocycles. The van der Waals surface area contributed by atoms with Gasteiger partial charge in [-0.15, -0.1) is 0 Å². The fourth-order valence-electron chi connectivity index (χ4n) is 2.75. The van der Waals surface area contributed by atoms with Crippen LogP contribution in [-0.2, 0) is 6.42 Å². The van der Waals surface area contributed by atoms with Gasteiger partial charge in [0.15, 0.2) is 0 Å². The maximum absolute atomic E-state index is 4.50. The van der Waals surface area contributed by atoms with E-state index >= 15 is 0 Å². The quantitative estimate of drug-likeness (QED) is 0.844. The van der Waals surface area contributed by atoms with Crippen LogP contribution in [0.15, 0.2) is 12.4 Å². The highest BCUT2D eigenvalue weighted by atomic mass is 15.3. The molecule has 1 saturated heterocycles. The summed E-state index contributed by atoms with van der Waals surface area (Å²) in [7, 11) is 0. The normalized spacial score (nSPS) is 23.2. The van der Waals surface area contributed by atoms with Crippen LogP contribution < -0.4 is 5.32 Å². The molecule has 1 aromatic heterocycles. The largest absolute Gasteiger partial charge is 0.317 e. The maximum atomic E-state index is 4.50. The smallest absolute Gasteiger partial charge is 0.0521 e. The van der Waals surface area contributed by atoms with Crippen molar-refractivity contribution >= 4 is 0 Å². The topological polar surface area (TPSA) is 29.9 Å². The lowest BCUT2D eigenvalue weighted by atomic mass is 9.92. The maximum Gasteiger partial charge on any atom is 0.0521 e. The van der Waals surface area contributed by atoms with Crippen LogP contribution in [-0.4, -0.2) is 22.9 Å². The second kappa shape index (κ2) is 4.58. The molecule has 3 heteroatoms. The van der Waals surface area contributed by atoms with E-state index in [9.17, 15) is 0 Å². The zero-order valence-corrected chi connectivity index (χ0v) is 9.86. The van der Waals surface area contributed by atoms with Gasteiger partial charge in [-0.05, 0) is 63.1 Å². The van der Waals surface area contributed by atoms with Crippen LogP contribution in [0.5, 0.6) is 0 Å². The zero-order chi connectivity index (χ0) is 10.8. The molecule has 16 heavy (non-hydrogen) atoms. The summed E-state index contributed by atoms with van der Waals surface area (Å²) in [6.45, 7) is 2.39. The number of hydrogen-bond acceptors (Lipinski definition) is 2. The Balaban J connectivity index is 1.58. The van der Waals surface area contributed by atoms with Gasteiger partial charge >= 0.3 is 0 Å². The van der Waals surface area contributed by atoms with Crippen LogP contribution in [0, 0.1) is 5.92 Å². The third-order valence-electron chi connectivity index (χ3n) is 4.09. The Labute approximate surface area is 97.2 Å². The van der Waals surface area contributed by atoms with E-state index in [0.717, 1.165) is 5.92 Å². The monoisotopic (exact) mass is 219 g/mol. The van der Waals surface area contributed by atoms with Gasteiger partial charge in [0.2, 0.25) is 0 Å². The van der Waals surface area contributed by atoms with E-state index in [0.29, 0.717) is 6.04 Å². The van der Waals surface area contributed by atoms with Crippen molar-refractivity contribution in [3.8, 4) is 0 Å². The molecule has 0 bridgehead atoms. The van der Waals surface area contributed by atoms with E-state index in [1.54, 1.807) is 0 Å². The molecule has 1 aliphatic heterocycles. The van der Waals surface area contributed by atoms with Crippen LogP contribution in [0.1, 0.15) is 43.7 Å². The molecule has 88 valence electrons. The van der Waals surface area contributed by atoms with Gasteiger partial charge in [-0.1, -0.05) is 0 Å². The fraction of sp³-hybridized carbons (Fsp3) is 0.769. The van der Waals surface area contributed by atoms with Crippen molar-refractivity contribution in [2.24, 2.45) is 5.92 Å². The predicted octanol–water partition coefficient (Wildman–Crippen LogP) is 2.15. The van der Waals surface area contributed by atoms with Crippen LogP contribution in [0.25, 0.3) is 0 Å². The number of rotatable bonds is 3. The first-order chi connectivity index (χ1) is 7.92. The summed E-state index contributed by atoms with van der Waals surface area (Å²) < 4.78 is 2.19. The standard InChI is InChI=1S/C13H21N3/c1-2-13(3-1)16-10-12(9-15-16)8-11-4-6-14-7-5-11/h9-11,13-14H,1-8H2. The zero-order valence-electron chi connectivity index (χ0n) is 9.86. The van der Waals surface area contributed by atoms with Gasteiger partial charge in [0.1, 0.15) is 0 Å². The number of aromatic nitrogens is 2. The van der Waals surface area contributed by atoms with Gasteiger partial charge < -0.3 is 5.32 Å². The first-order valence-corrected chi connectivity index (χ1v) is 6.65. The Morgan fingerprint density at radius 1 is 1.25 bits per heavy atom. The van der Waals surface area contributed by atoms with Gasteiger partial charge in [-0.3, -0.25) is 4.68 Å². The van der Waals surface area contributed by atoms with Crippen LogP contribution in [0.2, 0.25) is 0 Å². The molecule has 0 unspecified atom stereocenters. The van der Waals surface area contributed by atoms with E-state index in [-0.39, 0.29) is 0 Å². The number of piperidine rings is 1. The lowest BCUT2D eigenvalue weighted by molar-refractivity contribution is 0.289. The lowest BCUT2D eigenvalue weighted by Gasteiger charge is -2.25. The van der Waals surface area contributed by atoms with Gasteiger partial charge in [-0.25, -0.2) is 0 Å². The Morgan fingerprint density at radius 3 is 2.75 bits per heavy atom. The average molecular weight is 219 g/mol. The third kappa shape index (κ3) is 2.14. The minimum absolute atomic E-state index is 0.710. The van der Waals surface area contributed by atoms with E-state index in [2.05, 4.69) is 27.5 Å². The van der Waals surface area contributed by atoms with E-state index in [4.69, 9.17) is 0 Å². The number of nitrogens with zero attached hydrogens (tertiary/aromatic N) is 2. The Kier molecular flexibility index (Phi) is 2.96. The SMILES string of the molecule is c1nn(C2CCC2)cc1CC1CCNCC1. The average Bonchev–Trinajstić information content (AvgIpc) is 2.65. The van der Waals surface area contributed by atoms with Crippen molar-refractivity contribution in [2.45, 2.75) is 44.6 Å². The summed E-state index contributed by atoms with van der Waals surface area (Å²) in [4.78, 5) is 0. The Morgan fingerprint density at radius 2 is 2.06 bits per heavy atom. The van der Waals surface area contributed by atoms with Crippen LogP contribution in [0.4, 0.5) is 0 Å². The highest BCUT2D eigenvalue weighted by Crippen LogP contribution is 2.31. The molecular formula is C13H21N3. The van der Waals surface area contributed by atoms with Crippen molar-refractivity contribution in [1.82, 2.24) is 15.1 Å². The molecule has 0 spiro atoms. The fourth-order valence-corrected chi connectivity index (χ4v) is 2.75. The second-order valence-electron chi connectivity index (χ2n) is 5.31. The summed E-state index contributed by atoms with van der Waals surface area (Å²) in [6.07, 6.45) is 12.3. The first kappa shape index (κ1) is 10.3. The van der Waals surface area contributed by atoms with Crippen molar-refractivity contribution in [1.29, 1.82) is 0 Å². The summed E-state index contributed by atoms with van der Waals surface area (Å²) in [6, 6.07) is 0.710. The molecule has 1 saturated carbocycles. The molecule has 1 N–H and O–H groups in total. The van der Waals surface area contributed by atoms with Crippen LogP contribution in [0.3, 0.4) is 0 Å². The number of hydrogen-bond donors (Lipinski definition) is 1. The molecule has 2 fully saturated rings. The summed E-state index contributed by atoms with van der Waals surface area (Å²) in [5, 5.41) is 7.93. The molecule has 1 aromatic rings. The molecular weight excluding hydrogens is 198 g/mol. The van der Waals surface area contributed by atoms with Gasteiger partial charge in [-0.2, -0.15) is 5.10 Å².